The maximum atomic E-state index is 12.8. The number of para-hydroxylation sites is 1. The molecule has 0 aliphatic carbocycles. The Morgan fingerprint density at radius 2 is 1.79 bits per heavy atom. The van der Waals surface area contributed by atoms with Crippen molar-refractivity contribution in [3.8, 4) is 5.75 Å². The number of anilines is 1. The van der Waals surface area contributed by atoms with E-state index in [-0.39, 0.29) is 11.8 Å². The number of esters is 1. The van der Waals surface area contributed by atoms with Crippen LogP contribution in [0, 0.1) is 0 Å². The minimum absolute atomic E-state index is 0.206. The summed E-state index contributed by atoms with van der Waals surface area (Å²) in [6, 6.07) is 14.7. The normalized spacial score (nSPS) is 16.0. The molecule has 0 unspecified atom stereocenters. The third-order valence-electron chi connectivity index (χ3n) is 5.71. The molecule has 7 heteroatoms. The zero-order chi connectivity index (χ0) is 23.0. The Kier molecular flexibility index (Phi) is 7.52. The second kappa shape index (κ2) is 10.9. The molecule has 1 N–H and O–H groups in total. The van der Waals surface area contributed by atoms with Crippen molar-refractivity contribution in [1.82, 2.24) is 4.90 Å². The van der Waals surface area contributed by atoms with E-state index >= 15 is 0 Å². The summed E-state index contributed by atoms with van der Waals surface area (Å²) in [7, 11) is 0. The first kappa shape index (κ1) is 22.7. The van der Waals surface area contributed by atoms with Gasteiger partial charge in [0.1, 0.15) is 12.4 Å². The van der Waals surface area contributed by atoms with Crippen LogP contribution < -0.4 is 10.1 Å². The number of hydrogen-bond acceptors (Lipinski definition) is 6. The van der Waals surface area contributed by atoms with E-state index in [2.05, 4.69) is 15.2 Å². The van der Waals surface area contributed by atoms with Gasteiger partial charge in [-0.2, -0.15) is 0 Å². The summed E-state index contributed by atoms with van der Waals surface area (Å²) in [5.74, 6) is 0.429. The SMILES string of the molecule is CC(=O)OC1=NCC(c2ccccc2NC(=O)c2ccc(OCCN3CCCCC3)cc2)=C1. The number of carbonyl (C=O) groups excluding carboxylic acids is 2. The van der Waals surface area contributed by atoms with Crippen LogP contribution in [-0.4, -0.2) is 55.5 Å². The summed E-state index contributed by atoms with van der Waals surface area (Å²) in [5, 5.41) is 2.98. The van der Waals surface area contributed by atoms with Gasteiger partial charge < -0.3 is 14.8 Å². The molecule has 1 amide bonds. The van der Waals surface area contributed by atoms with Crippen LogP contribution in [0.3, 0.4) is 0 Å². The number of nitrogens with one attached hydrogen (secondary N) is 1. The fourth-order valence-electron chi connectivity index (χ4n) is 4.02. The van der Waals surface area contributed by atoms with Gasteiger partial charge in [0.2, 0.25) is 5.90 Å². The van der Waals surface area contributed by atoms with E-state index in [1.807, 2.05) is 36.4 Å². The van der Waals surface area contributed by atoms with E-state index in [9.17, 15) is 9.59 Å². The molecule has 2 heterocycles. The molecule has 0 saturated carbocycles. The Bertz CT molecular complexity index is 1050. The van der Waals surface area contributed by atoms with E-state index < -0.39 is 5.97 Å². The van der Waals surface area contributed by atoms with Crippen LogP contribution in [0.25, 0.3) is 5.57 Å². The maximum absolute atomic E-state index is 12.8. The molecular weight excluding hydrogens is 418 g/mol. The van der Waals surface area contributed by atoms with E-state index in [0.717, 1.165) is 36.5 Å². The summed E-state index contributed by atoms with van der Waals surface area (Å²) in [5.41, 5.74) is 2.94. The average Bonchev–Trinajstić information content (AvgIpc) is 3.28. The molecule has 4 rings (SSSR count). The standard InChI is InChI=1S/C26H29N3O4/c1-19(30)33-25-17-21(18-27-25)23-7-3-4-8-24(23)28-26(31)20-9-11-22(12-10-20)32-16-15-29-13-5-2-6-14-29/h3-4,7-12,17H,2,5-6,13-16,18H2,1H3,(H,28,31). The minimum atomic E-state index is -0.410. The van der Waals surface area contributed by atoms with Gasteiger partial charge in [-0.05, 0) is 61.8 Å². The number of ether oxygens (including phenoxy) is 2. The van der Waals surface area contributed by atoms with Gasteiger partial charge in [-0.25, -0.2) is 4.99 Å². The van der Waals surface area contributed by atoms with Crippen molar-refractivity contribution in [3.63, 3.8) is 0 Å². The highest BCUT2D eigenvalue weighted by Gasteiger charge is 2.17. The first-order valence-corrected chi connectivity index (χ1v) is 11.4. The smallest absolute Gasteiger partial charge is 0.309 e. The number of hydrogen-bond donors (Lipinski definition) is 1. The molecule has 2 aromatic carbocycles. The van der Waals surface area contributed by atoms with Crippen LogP contribution >= 0.6 is 0 Å². The number of amides is 1. The van der Waals surface area contributed by atoms with Crippen molar-refractivity contribution < 1.29 is 19.1 Å². The van der Waals surface area contributed by atoms with Crippen LogP contribution in [0.4, 0.5) is 5.69 Å². The molecule has 172 valence electrons. The molecule has 1 saturated heterocycles. The molecule has 0 spiro atoms. The van der Waals surface area contributed by atoms with Crippen LogP contribution in [0.5, 0.6) is 5.75 Å². The first-order chi connectivity index (χ1) is 16.1. The lowest BCUT2D eigenvalue weighted by Gasteiger charge is -2.26. The lowest BCUT2D eigenvalue weighted by molar-refractivity contribution is -0.132. The van der Waals surface area contributed by atoms with Crippen molar-refractivity contribution >= 4 is 29.0 Å². The summed E-state index contributed by atoms with van der Waals surface area (Å²) in [6.45, 7) is 5.60. The third kappa shape index (κ3) is 6.29. The third-order valence-corrected chi connectivity index (χ3v) is 5.71. The Morgan fingerprint density at radius 3 is 2.55 bits per heavy atom. The Balaban J connectivity index is 1.34. The predicted molar refractivity (Wildman–Crippen MR) is 129 cm³/mol. The number of carbonyl (C=O) groups is 2. The predicted octanol–water partition coefficient (Wildman–Crippen LogP) is 4.16. The van der Waals surface area contributed by atoms with Crippen LogP contribution in [0.15, 0.2) is 59.6 Å². The molecule has 0 radical (unpaired) electrons. The minimum Gasteiger partial charge on any atom is -0.492 e. The second-order valence-corrected chi connectivity index (χ2v) is 8.19. The van der Waals surface area contributed by atoms with Crippen LogP contribution in [-0.2, 0) is 9.53 Å². The topological polar surface area (TPSA) is 80.2 Å². The van der Waals surface area contributed by atoms with Gasteiger partial charge in [-0.15, -0.1) is 0 Å². The molecule has 0 atom stereocenters. The fourth-order valence-corrected chi connectivity index (χ4v) is 4.02. The molecule has 33 heavy (non-hydrogen) atoms. The van der Waals surface area contributed by atoms with Crippen molar-refractivity contribution in [1.29, 1.82) is 0 Å². The molecule has 0 bridgehead atoms. The number of benzene rings is 2. The highest BCUT2D eigenvalue weighted by Crippen LogP contribution is 2.27. The molecule has 1 fully saturated rings. The summed E-state index contributed by atoms with van der Waals surface area (Å²) in [6.07, 6.45) is 5.59. The van der Waals surface area contributed by atoms with Gasteiger partial charge in [0.25, 0.3) is 5.91 Å². The van der Waals surface area contributed by atoms with Crippen molar-refractivity contribution in [3.05, 3.63) is 65.7 Å². The molecular formula is C26H29N3O4. The number of nitrogens with zero attached hydrogens (tertiary/aromatic N) is 2. The fraction of sp³-hybridized carbons (Fsp3) is 0.346. The lowest BCUT2D eigenvalue weighted by Crippen LogP contribution is -2.33. The molecule has 7 nitrogen and oxygen atoms in total. The van der Waals surface area contributed by atoms with Crippen LogP contribution in [0.1, 0.15) is 42.1 Å². The number of rotatable bonds is 7. The number of aliphatic imine (C=N–C) groups is 1. The van der Waals surface area contributed by atoms with Gasteiger partial charge >= 0.3 is 5.97 Å². The van der Waals surface area contributed by atoms with E-state index in [1.54, 1.807) is 18.2 Å². The van der Waals surface area contributed by atoms with E-state index in [0.29, 0.717) is 24.4 Å². The first-order valence-electron chi connectivity index (χ1n) is 11.4. The zero-order valence-electron chi connectivity index (χ0n) is 18.9. The number of likely N-dealkylation sites (tertiary alicyclic amines) is 1. The van der Waals surface area contributed by atoms with Crippen LogP contribution in [0.2, 0.25) is 0 Å². The summed E-state index contributed by atoms with van der Waals surface area (Å²) >= 11 is 0. The van der Waals surface area contributed by atoms with Gasteiger partial charge in [0, 0.05) is 36.4 Å². The number of piperidine rings is 1. The highest BCUT2D eigenvalue weighted by atomic mass is 16.5. The molecule has 2 aliphatic heterocycles. The van der Waals surface area contributed by atoms with E-state index in [4.69, 9.17) is 9.47 Å². The molecule has 2 aromatic rings. The maximum Gasteiger partial charge on any atom is 0.309 e. The van der Waals surface area contributed by atoms with Gasteiger partial charge in [-0.1, -0.05) is 24.6 Å². The quantitative estimate of drug-likeness (QED) is 0.645. The summed E-state index contributed by atoms with van der Waals surface area (Å²) < 4.78 is 10.9. The van der Waals surface area contributed by atoms with Gasteiger partial charge in [-0.3, -0.25) is 14.5 Å². The van der Waals surface area contributed by atoms with Gasteiger partial charge in [0.05, 0.1) is 6.54 Å². The van der Waals surface area contributed by atoms with E-state index in [1.165, 1.54) is 26.2 Å². The van der Waals surface area contributed by atoms with Crippen molar-refractivity contribution in [2.75, 3.05) is 38.1 Å². The Labute approximate surface area is 194 Å². The molecule has 2 aliphatic rings. The summed E-state index contributed by atoms with van der Waals surface area (Å²) in [4.78, 5) is 30.7. The monoisotopic (exact) mass is 447 g/mol. The molecule has 0 aromatic heterocycles. The van der Waals surface area contributed by atoms with Crippen molar-refractivity contribution in [2.45, 2.75) is 26.2 Å². The zero-order valence-corrected chi connectivity index (χ0v) is 18.9. The second-order valence-electron chi connectivity index (χ2n) is 8.19. The average molecular weight is 448 g/mol. The lowest BCUT2D eigenvalue weighted by atomic mass is 10.0. The largest absolute Gasteiger partial charge is 0.492 e. The van der Waals surface area contributed by atoms with Gasteiger partial charge in [0.15, 0.2) is 0 Å². The van der Waals surface area contributed by atoms with Crippen molar-refractivity contribution in [2.24, 2.45) is 4.99 Å². The highest BCUT2D eigenvalue weighted by molar-refractivity contribution is 6.08. The Morgan fingerprint density at radius 1 is 1.03 bits per heavy atom. The Hall–Kier alpha value is -3.45.